The predicted molar refractivity (Wildman–Crippen MR) is 69.1 cm³/mol. The molecule has 1 unspecified atom stereocenters. The van der Waals surface area contributed by atoms with Gasteiger partial charge >= 0.3 is 0 Å². The number of aromatic nitrogens is 2. The molecule has 1 aliphatic heterocycles. The first kappa shape index (κ1) is 12.3. The van der Waals surface area contributed by atoms with Gasteiger partial charge in [0.2, 0.25) is 5.91 Å². The molecule has 0 bridgehead atoms. The first-order valence-electron chi connectivity index (χ1n) is 6.11. The summed E-state index contributed by atoms with van der Waals surface area (Å²) in [4.78, 5) is 35.2. The molecule has 1 aliphatic rings. The van der Waals surface area contributed by atoms with Gasteiger partial charge in [-0.05, 0) is 18.6 Å². The predicted octanol–water partition coefficient (Wildman–Crippen LogP) is 0.0798. The van der Waals surface area contributed by atoms with Crippen molar-refractivity contribution in [2.45, 2.75) is 18.9 Å². The molecule has 2 heterocycles. The lowest BCUT2D eigenvalue weighted by atomic mass is 10.1. The second-order valence-corrected chi connectivity index (χ2v) is 4.60. The Bertz CT molecular complexity index is 781. The van der Waals surface area contributed by atoms with Crippen molar-refractivity contribution in [1.29, 1.82) is 0 Å². The summed E-state index contributed by atoms with van der Waals surface area (Å²) < 4.78 is 1.06. The molecule has 2 aromatic rings. The molecule has 1 saturated heterocycles. The Morgan fingerprint density at radius 1 is 1.25 bits per heavy atom. The van der Waals surface area contributed by atoms with Crippen LogP contribution in [-0.2, 0) is 9.59 Å². The summed E-state index contributed by atoms with van der Waals surface area (Å²) in [7, 11) is 0. The maximum absolute atomic E-state index is 12.3. The second-order valence-electron chi connectivity index (χ2n) is 4.60. The van der Waals surface area contributed by atoms with Crippen LogP contribution in [0, 0.1) is 0 Å². The van der Waals surface area contributed by atoms with E-state index in [1.165, 1.54) is 12.3 Å². The van der Waals surface area contributed by atoms with Crippen molar-refractivity contribution in [2.24, 2.45) is 0 Å². The first-order chi connectivity index (χ1) is 9.58. The number of fused-ring (bicyclic) bond motifs is 1. The highest BCUT2D eigenvalue weighted by atomic mass is 16.3. The standard InChI is InChI=1S/C13H11N3O4/c17-10-3-1-2-7-8(10)6-14-16(13(7)20)9-4-5-11(18)15-12(9)19/h1-3,6,9,17H,4-5H2,(H,15,18,19). The molecular weight excluding hydrogens is 262 g/mol. The van der Waals surface area contributed by atoms with E-state index in [1.54, 1.807) is 12.1 Å². The van der Waals surface area contributed by atoms with Crippen molar-refractivity contribution in [3.63, 3.8) is 0 Å². The van der Waals surface area contributed by atoms with Gasteiger partial charge in [0, 0.05) is 11.8 Å². The van der Waals surface area contributed by atoms with E-state index in [0.717, 1.165) is 4.68 Å². The van der Waals surface area contributed by atoms with Crippen molar-refractivity contribution < 1.29 is 14.7 Å². The van der Waals surface area contributed by atoms with E-state index >= 15 is 0 Å². The lowest BCUT2D eigenvalue weighted by Crippen LogP contribution is -2.45. The van der Waals surface area contributed by atoms with Gasteiger partial charge in [0.05, 0.1) is 11.6 Å². The van der Waals surface area contributed by atoms with E-state index in [9.17, 15) is 19.5 Å². The zero-order chi connectivity index (χ0) is 14.3. The number of phenols is 1. The number of benzene rings is 1. The summed E-state index contributed by atoms with van der Waals surface area (Å²) in [6.45, 7) is 0. The van der Waals surface area contributed by atoms with Crippen LogP contribution < -0.4 is 10.9 Å². The molecule has 0 saturated carbocycles. The molecule has 0 spiro atoms. The Kier molecular flexibility index (Phi) is 2.74. The SMILES string of the molecule is O=C1CCC(n2ncc3c(O)cccc3c2=O)C(=O)N1. The quantitative estimate of drug-likeness (QED) is 0.716. The average molecular weight is 273 g/mol. The zero-order valence-electron chi connectivity index (χ0n) is 10.4. The van der Waals surface area contributed by atoms with Crippen LogP contribution in [0.1, 0.15) is 18.9 Å². The van der Waals surface area contributed by atoms with Gasteiger partial charge in [0.15, 0.2) is 0 Å². The number of hydrogen-bond acceptors (Lipinski definition) is 5. The molecular formula is C13H11N3O4. The van der Waals surface area contributed by atoms with Crippen LogP contribution in [0.25, 0.3) is 10.8 Å². The topological polar surface area (TPSA) is 101 Å². The molecule has 102 valence electrons. The average Bonchev–Trinajstić information content (AvgIpc) is 2.41. The van der Waals surface area contributed by atoms with E-state index < -0.39 is 17.5 Å². The highest BCUT2D eigenvalue weighted by Gasteiger charge is 2.29. The van der Waals surface area contributed by atoms with E-state index in [-0.39, 0.29) is 29.9 Å². The van der Waals surface area contributed by atoms with Crippen LogP contribution >= 0.6 is 0 Å². The van der Waals surface area contributed by atoms with Gasteiger partial charge in [-0.3, -0.25) is 19.7 Å². The van der Waals surface area contributed by atoms with Crippen LogP contribution in [0.5, 0.6) is 5.75 Å². The number of imide groups is 1. The number of piperidine rings is 1. The molecule has 2 amide bonds. The minimum atomic E-state index is -0.799. The van der Waals surface area contributed by atoms with E-state index in [1.807, 2.05) is 0 Å². The molecule has 0 radical (unpaired) electrons. The zero-order valence-corrected chi connectivity index (χ0v) is 10.4. The lowest BCUT2D eigenvalue weighted by Gasteiger charge is -2.21. The van der Waals surface area contributed by atoms with Crippen LogP contribution in [0.15, 0.2) is 29.2 Å². The van der Waals surface area contributed by atoms with Gasteiger partial charge in [-0.25, -0.2) is 4.68 Å². The highest BCUT2D eigenvalue weighted by Crippen LogP contribution is 2.22. The Labute approximate surface area is 112 Å². The van der Waals surface area contributed by atoms with Gasteiger partial charge in [-0.15, -0.1) is 0 Å². The number of carbonyl (C=O) groups is 2. The van der Waals surface area contributed by atoms with Crippen LogP contribution in [-0.4, -0.2) is 26.7 Å². The van der Waals surface area contributed by atoms with Gasteiger partial charge in [0.1, 0.15) is 11.8 Å². The summed E-state index contributed by atoms with van der Waals surface area (Å²) >= 11 is 0. The Morgan fingerprint density at radius 3 is 2.80 bits per heavy atom. The monoisotopic (exact) mass is 273 g/mol. The van der Waals surface area contributed by atoms with Crippen LogP contribution in [0.3, 0.4) is 0 Å². The fourth-order valence-electron chi connectivity index (χ4n) is 2.31. The van der Waals surface area contributed by atoms with Gasteiger partial charge in [0.25, 0.3) is 11.5 Å². The van der Waals surface area contributed by atoms with Crippen LogP contribution in [0.2, 0.25) is 0 Å². The van der Waals surface area contributed by atoms with E-state index in [0.29, 0.717) is 5.39 Å². The lowest BCUT2D eigenvalue weighted by molar-refractivity contribution is -0.136. The van der Waals surface area contributed by atoms with Gasteiger partial charge < -0.3 is 5.11 Å². The molecule has 0 aliphatic carbocycles. The van der Waals surface area contributed by atoms with E-state index in [4.69, 9.17) is 0 Å². The first-order valence-corrected chi connectivity index (χ1v) is 6.11. The van der Waals surface area contributed by atoms with Crippen molar-refractivity contribution >= 4 is 22.6 Å². The molecule has 1 fully saturated rings. The molecule has 20 heavy (non-hydrogen) atoms. The minimum absolute atomic E-state index is 0.0393. The van der Waals surface area contributed by atoms with Crippen molar-refractivity contribution in [3.8, 4) is 5.75 Å². The summed E-state index contributed by atoms with van der Waals surface area (Å²) in [6.07, 6.45) is 1.75. The minimum Gasteiger partial charge on any atom is -0.507 e. The highest BCUT2D eigenvalue weighted by molar-refractivity contribution is 5.99. The van der Waals surface area contributed by atoms with Crippen molar-refractivity contribution in [2.75, 3.05) is 0 Å². The van der Waals surface area contributed by atoms with E-state index in [2.05, 4.69) is 10.4 Å². The number of amides is 2. The van der Waals surface area contributed by atoms with Crippen molar-refractivity contribution in [1.82, 2.24) is 15.1 Å². The number of aromatic hydroxyl groups is 1. The fourth-order valence-corrected chi connectivity index (χ4v) is 2.31. The largest absolute Gasteiger partial charge is 0.507 e. The molecule has 1 atom stereocenters. The second kappa shape index (κ2) is 4.44. The molecule has 3 rings (SSSR count). The summed E-state index contributed by atoms with van der Waals surface area (Å²) in [5.74, 6) is -0.921. The molecule has 7 nitrogen and oxygen atoms in total. The maximum Gasteiger partial charge on any atom is 0.275 e. The molecule has 2 N–H and O–H groups in total. The third kappa shape index (κ3) is 1.83. The number of hydrogen-bond donors (Lipinski definition) is 2. The number of phenolic OH excluding ortho intramolecular Hbond substituents is 1. The Balaban J connectivity index is 2.14. The Morgan fingerprint density at radius 2 is 2.05 bits per heavy atom. The normalized spacial score (nSPS) is 19.1. The number of rotatable bonds is 1. The van der Waals surface area contributed by atoms with Crippen LogP contribution in [0.4, 0.5) is 0 Å². The fraction of sp³-hybridized carbons (Fsp3) is 0.231. The maximum atomic E-state index is 12.3. The van der Waals surface area contributed by atoms with Gasteiger partial charge in [-0.1, -0.05) is 6.07 Å². The molecule has 1 aromatic heterocycles. The third-order valence-electron chi connectivity index (χ3n) is 3.34. The number of nitrogens with zero attached hydrogens (tertiary/aromatic N) is 2. The number of carbonyl (C=O) groups excluding carboxylic acids is 2. The summed E-state index contributed by atoms with van der Waals surface area (Å²) in [6, 6.07) is 3.77. The summed E-state index contributed by atoms with van der Waals surface area (Å²) in [5.41, 5.74) is -0.465. The number of nitrogens with one attached hydrogen (secondary N) is 1. The smallest absolute Gasteiger partial charge is 0.275 e. The van der Waals surface area contributed by atoms with Gasteiger partial charge in [-0.2, -0.15) is 5.10 Å². The van der Waals surface area contributed by atoms with Crippen molar-refractivity contribution in [3.05, 3.63) is 34.7 Å². The third-order valence-corrected chi connectivity index (χ3v) is 3.34. The molecule has 7 heteroatoms. The Hall–Kier alpha value is -2.70. The summed E-state index contributed by atoms with van der Waals surface area (Å²) in [5, 5.41) is 16.4. The molecule has 1 aromatic carbocycles.